The topological polar surface area (TPSA) is 3.24 Å². The van der Waals surface area contributed by atoms with Crippen molar-refractivity contribution in [1.82, 2.24) is 4.90 Å². The first-order valence-electron chi connectivity index (χ1n) is 5.01. The van der Waals surface area contributed by atoms with Gasteiger partial charge >= 0.3 is 0 Å². The van der Waals surface area contributed by atoms with E-state index >= 15 is 0 Å². The smallest absolute Gasteiger partial charge is 0.0177 e. The van der Waals surface area contributed by atoms with Gasteiger partial charge in [-0.05, 0) is 31.6 Å². The van der Waals surface area contributed by atoms with E-state index in [1.54, 1.807) is 0 Å². The van der Waals surface area contributed by atoms with Crippen LogP contribution in [0.25, 0.3) is 0 Å². The third kappa shape index (κ3) is 2.26. The molecule has 0 N–H and O–H groups in total. The van der Waals surface area contributed by atoms with E-state index in [4.69, 9.17) is 0 Å². The van der Waals surface area contributed by atoms with Crippen molar-refractivity contribution in [2.75, 3.05) is 13.1 Å². The molecular weight excluding hydrogens is 146 g/mol. The van der Waals surface area contributed by atoms with Gasteiger partial charge < -0.3 is 4.90 Å². The lowest BCUT2D eigenvalue weighted by atomic mass is 9.86. The summed E-state index contributed by atoms with van der Waals surface area (Å²) in [7, 11) is 0. The van der Waals surface area contributed by atoms with Gasteiger partial charge in [0, 0.05) is 18.8 Å². The van der Waals surface area contributed by atoms with Crippen LogP contribution in [-0.2, 0) is 0 Å². The van der Waals surface area contributed by atoms with Gasteiger partial charge in [-0.3, -0.25) is 0 Å². The van der Waals surface area contributed by atoms with E-state index < -0.39 is 0 Å². The van der Waals surface area contributed by atoms with Crippen LogP contribution in [0.1, 0.15) is 33.6 Å². The number of hydrogen-bond donors (Lipinski definition) is 0. The fraction of sp³-hybridized carbons (Fsp3) is 0.818. The number of nitrogens with zero attached hydrogens (tertiary/aromatic N) is 1. The zero-order chi connectivity index (χ0) is 9.14. The molecular formula is C11H21N. The van der Waals surface area contributed by atoms with Gasteiger partial charge in [0.1, 0.15) is 0 Å². The first kappa shape index (κ1) is 9.63. The molecule has 0 unspecified atom stereocenters. The highest BCUT2D eigenvalue weighted by atomic mass is 15.1. The Hall–Kier alpha value is -0.460. The molecule has 0 radical (unpaired) electrons. The summed E-state index contributed by atoms with van der Waals surface area (Å²) >= 11 is 0. The summed E-state index contributed by atoms with van der Waals surface area (Å²) in [6.45, 7) is 13.2. The van der Waals surface area contributed by atoms with E-state index in [-0.39, 0.29) is 0 Å². The van der Waals surface area contributed by atoms with Crippen LogP contribution in [-0.4, -0.2) is 18.0 Å². The van der Waals surface area contributed by atoms with Crippen LogP contribution < -0.4 is 0 Å². The lowest BCUT2D eigenvalue weighted by Gasteiger charge is -2.35. The molecule has 1 aliphatic heterocycles. The van der Waals surface area contributed by atoms with Crippen LogP contribution in [0.3, 0.4) is 0 Å². The molecule has 0 amide bonds. The maximum Gasteiger partial charge on any atom is 0.0177 e. The second-order valence-corrected chi connectivity index (χ2v) is 4.30. The van der Waals surface area contributed by atoms with Crippen molar-refractivity contribution in [1.29, 1.82) is 0 Å². The van der Waals surface area contributed by atoms with Gasteiger partial charge in [-0.15, -0.1) is 0 Å². The van der Waals surface area contributed by atoms with Crippen molar-refractivity contribution in [3.8, 4) is 0 Å². The van der Waals surface area contributed by atoms with E-state index in [1.165, 1.54) is 31.6 Å². The first-order valence-corrected chi connectivity index (χ1v) is 5.01. The number of likely N-dealkylation sites (tertiary alicyclic amines) is 1. The standard InChI is InChI=1S/C11H21N/c1-9(2)11-5-7-12(8-6-11)10(3)4/h9,11H,3,5-8H2,1-2,4H3. The maximum absolute atomic E-state index is 3.97. The Kier molecular flexibility index (Phi) is 3.19. The molecule has 0 aromatic heterocycles. The largest absolute Gasteiger partial charge is 0.376 e. The molecule has 0 aromatic rings. The molecule has 1 aliphatic rings. The third-order valence-electron chi connectivity index (χ3n) is 3.02. The lowest BCUT2D eigenvalue weighted by Crippen LogP contribution is -2.33. The Bertz CT molecular complexity index is 152. The van der Waals surface area contributed by atoms with Crippen LogP contribution >= 0.6 is 0 Å². The molecule has 0 aromatic carbocycles. The second-order valence-electron chi connectivity index (χ2n) is 4.30. The minimum atomic E-state index is 0.859. The Labute approximate surface area is 76.5 Å². The molecule has 0 saturated carbocycles. The summed E-state index contributed by atoms with van der Waals surface area (Å²) in [5.74, 6) is 1.80. The van der Waals surface area contributed by atoms with Gasteiger partial charge in [0.05, 0.1) is 0 Å². The van der Waals surface area contributed by atoms with E-state index in [0.717, 1.165) is 11.8 Å². The van der Waals surface area contributed by atoms with Crippen LogP contribution in [0.2, 0.25) is 0 Å². The molecule has 70 valence electrons. The van der Waals surface area contributed by atoms with Crippen molar-refractivity contribution in [3.63, 3.8) is 0 Å². The van der Waals surface area contributed by atoms with Crippen molar-refractivity contribution < 1.29 is 0 Å². The average molecular weight is 167 g/mol. The van der Waals surface area contributed by atoms with Crippen molar-refractivity contribution in [2.24, 2.45) is 11.8 Å². The van der Waals surface area contributed by atoms with E-state index in [9.17, 15) is 0 Å². The van der Waals surface area contributed by atoms with Crippen LogP contribution in [0, 0.1) is 11.8 Å². The van der Waals surface area contributed by atoms with Crippen molar-refractivity contribution in [2.45, 2.75) is 33.6 Å². The summed E-state index contributed by atoms with van der Waals surface area (Å²) < 4.78 is 0. The molecule has 0 spiro atoms. The third-order valence-corrected chi connectivity index (χ3v) is 3.02. The summed E-state index contributed by atoms with van der Waals surface area (Å²) in [5, 5.41) is 0. The molecule has 1 saturated heterocycles. The number of hydrogen-bond acceptors (Lipinski definition) is 1. The molecule has 0 bridgehead atoms. The molecule has 1 rings (SSSR count). The van der Waals surface area contributed by atoms with Crippen LogP contribution in [0.15, 0.2) is 12.3 Å². The van der Waals surface area contributed by atoms with Gasteiger partial charge in [0.25, 0.3) is 0 Å². The van der Waals surface area contributed by atoms with Gasteiger partial charge in [0.15, 0.2) is 0 Å². The van der Waals surface area contributed by atoms with Gasteiger partial charge in [-0.2, -0.15) is 0 Å². The highest BCUT2D eigenvalue weighted by Gasteiger charge is 2.20. The summed E-state index contributed by atoms with van der Waals surface area (Å²) in [6.07, 6.45) is 2.70. The molecule has 1 nitrogen and oxygen atoms in total. The van der Waals surface area contributed by atoms with E-state index in [2.05, 4.69) is 32.3 Å². The predicted molar refractivity (Wildman–Crippen MR) is 53.9 cm³/mol. The first-order chi connectivity index (χ1) is 5.61. The number of piperidine rings is 1. The van der Waals surface area contributed by atoms with Gasteiger partial charge in [-0.25, -0.2) is 0 Å². The molecule has 0 aliphatic carbocycles. The quantitative estimate of drug-likeness (QED) is 0.611. The fourth-order valence-electron chi connectivity index (χ4n) is 1.95. The molecule has 1 fully saturated rings. The zero-order valence-electron chi connectivity index (χ0n) is 8.64. The van der Waals surface area contributed by atoms with E-state index in [1.807, 2.05) is 0 Å². The predicted octanol–water partition coefficient (Wildman–Crippen LogP) is 2.89. The van der Waals surface area contributed by atoms with Crippen molar-refractivity contribution in [3.05, 3.63) is 12.3 Å². The minimum absolute atomic E-state index is 0.859. The maximum atomic E-state index is 3.97. The molecule has 1 heterocycles. The highest BCUT2D eigenvalue weighted by molar-refractivity contribution is 4.91. The normalized spacial score (nSPS) is 20.2. The Morgan fingerprint density at radius 3 is 2.17 bits per heavy atom. The average Bonchev–Trinajstić information content (AvgIpc) is 2.04. The second kappa shape index (κ2) is 3.97. The molecule has 1 heteroatoms. The summed E-state index contributed by atoms with van der Waals surface area (Å²) in [4.78, 5) is 2.40. The Morgan fingerprint density at radius 1 is 1.33 bits per heavy atom. The SMILES string of the molecule is C=C(C)N1CCC(C(C)C)CC1. The minimum Gasteiger partial charge on any atom is -0.376 e. The molecule has 0 atom stereocenters. The lowest BCUT2D eigenvalue weighted by molar-refractivity contribution is 0.191. The van der Waals surface area contributed by atoms with Crippen LogP contribution in [0.4, 0.5) is 0 Å². The fourth-order valence-corrected chi connectivity index (χ4v) is 1.95. The van der Waals surface area contributed by atoms with Gasteiger partial charge in [0.2, 0.25) is 0 Å². The van der Waals surface area contributed by atoms with Crippen LogP contribution in [0.5, 0.6) is 0 Å². The van der Waals surface area contributed by atoms with E-state index in [0.29, 0.717) is 0 Å². The van der Waals surface area contributed by atoms with Gasteiger partial charge in [-0.1, -0.05) is 20.4 Å². The summed E-state index contributed by atoms with van der Waals surface area (Å²) in [6, 6.07) is 0. The highest BCUT2D eigenvalue weighted by Crippen LogP contribution is 2.25. The Morgan fingerprint density at radius 2 is 1.83 bits per heavy atom. The molecule has 12 heavy (non-hydrogen) atoms. The Balaban J connectivity index is 2.34. The zero-order valence-corrected chi connectivity index (χ0v) is 8.64. The monoisotopic (exact) mass is 167 g/mol. The number of allylic oxidation sites excluding steroid dienone is 1. The number of rotatable bonds is 2. The summed E-state index contributed by atoms with van der Waals surface area (Å²) in [5.41, 5.74) is 1.23. The van der Waals surface area contributed by atoms with Crippen molar-refractivity contribution >= 4 is 0 Å².